The predicted octanol–water partition coefficient (Wildman–Crippen LogP) is 4.63. The standard InChI is InChI=1S/2C7H10N2.C3H4.CH3.2ClH.Ru/c2*1-9(2)7-3-5-8-6-4-7;1-3-2;;;;/h2*3-6H,1-2H3;3H,1H3;1H3;2*1H;/q;;;-1;;;+2/p-2. The fraction of sp³-hybridized carbons (Fsp3) is 0.278. The van der Waals surface area contributed by atoms with Crippen LogP contribution < -0.4 is 9.80 Å². The Hall–Kier alpha value is -1.25. The van der Waals surface area contributed by atoms with Gasteiger partial charge in [-0.1, -0.05) is 0 Å². The summed E-state index contributed by atoms with van der Waals surface area (Å²) in [6.07, 6.45) is 8.90. The SMILES string of the molecule is CC=[C]=[Ru]([Cl])[Cl].CN(C)c1ccncc1.CN(C)c1ccncc1.[CH3-]. The van der Waals surface area contributed by atoms with Crippen LogP contribution in [0.5, 0.6) is 0 Å². The van der Waals surface area contributed by atoms with Crippen molar-refractivity contribution < 1.29 is 13.5 Å². The molecule has 0 radical (unpaired) electrons. The van der Waals surface area contributed by atoms with Crippen molar-refractivity contribution >= 4 is 35.0 Å². The van der Waals surface area contributed by atoms with Crippen LogP contribution in [-0.4, -0.2) is 42.4 Å². The van der Waals surface area contributed by atoms with Crippen LogP contribution in [0.3, 0.4) is 0 Å². The Morgan fingerprint density at radius 2 is 1.16 bits per heavy atom. The number of halogens is 2. The van der Waals surface area contributed by atoms with Crippen LogP contribution in [0.1, 0.15) is 6.92 Å². The van der Waals surface area contributed by atoms with Gasteiger partial charge in [0.05, 0.1) is 0 Å². The number of rotatable bonds is 2. The number of allylic oxidation sites excluding steroid dienone is 1. The number of pyridine rings is 2. The van der Waals surface area contributed by atoms with Gasteiger partial charge in [0.25, 0.3) is 0 Å². The van der Waals surface area contributed by atoms with Gasteiger partial charge in [0.15, 0.2) is 0 Å². The van der Waals surface area contributed by atoms with Gasteiger partial charge in [0, 0.05) is 64.4 Å². The van der Waals surface area contributed by atoms with Crippen molar-refractivity contribution in [3.05, 3.63) is 62.6 Å². The molecule has 0 aliphatic rings. The first-order valence-corrected chi connectivity index (χ1v) is 12.4. The minimum absolute atomic E-state index is 0. The maximum absolute atomic E-state index is 5.34. The van der Waals surface area contributed by atoms with Gasteiger partial charge in [0.1, 0.15) is 0 Å². The zero-order valence-corrected chi connectivity index (χ0v) is 18.8. The average molecular weight is 471 g/mol. The normalized spacial score (nSPS) is 8.84. The topological polar surface area (TPSA) is 32.3 Å². The molecule has 0 bridgehead atoms. The van der Waals surface area contributed by atoms with Crippen molar-refractivity contribution in [2.75, 3.05) is 38.0 Å². The summed E-state index contributed by atoms with van der Waals surface area (Å²) in [7, 11) is 18.7. The summed E-state index contributed by atoms with van der Waals surface area (Å²) in [6, 6.07) is 7.89. The van der Waals surface area contributed by atoms with Crippen molar-refractivity contribution in [1.29, 1.82) is 0 Å². The van der Waals surface area contributed by atoms with Crippen LogP contribution >= 0.6 is 19.4 Å². The summed E-state index contributed by atoms with van der Waals surface area (Å²) < 4.78 is 2.76. The molecule has 0 amide bonds. The molecule has 142 valence electrons. The van der Waals surface area contributed by atoms with Gasteiger partial charge in [-0.3, -0.25) is 9.97 Å². The Labute approximate surface area is 165 Å². The first-order chi connectivity index (χ1) is 11.4. The summed E-state index contributed by atoms with van der Waals surface area (Å²) >= 11 is -1.57. The second-order valence-corrected chi connectivity index (χ2v) is 10.2. The largest absolute Gasteiger partial charge is 0.378 e. The van der Waals surface area contributed by atoms with Crippen LogP contribution in [-0.2, 0) is 13.5 Å². The first kappa shape index (κ1) is 26.0. The number of hydrogen-bond acceptors (Lipinski definition) is 4. The number of anilines is 2. The summed E-state index contributed by atoms with van der Waals surface area (Å²) in [5, 5.41) is 0. The van der Waals surface area contributed by atoms with E-state index in [0.29, 0.717) is 0 Å². The quantitative estimate of drug-likeness (QED) is 0.472. The Bertz CT molecular complexity index is 566. The van der Waals surface area contributed by atoms with Gasteiger partial charge < -0.3 is 17.2 Å². The third-order valence-electron chi connectivity index (χ3n) is 2.54. The van der Waals surface area contributed by atoms with E-state index in [1.807, 2.05) is 69.2 Å². The number of nitrogens with zero attached hydrogens (tertiary/aromatic N) is 4. The molecular formula is C18H27Cl2N4Ru-. The Morgan fingerprint density at radius 1 is 0.840 bits per heavy atom. The van der Waals surface area contributed by atoms with Gasteiger partial charge in [0.2, 0.25) is 0 Å². The zero-order chi connectivity index (χ0) is 18.4. The second kappa shape index (κ2) is 16.2. The minimum Gasteiger partial charge on any atom is -0.378 e. The number of hydrogen-bond donors (Lipinski definition) is 0. The minimum atomic E-state index is -1.57. The fourth-order valence-corrected chi connectivity index (χ4v) is 2.65. The predicted molar refractivity (Wildman–Crippen MR) is 110 cm³/mol. The molecule has 2 rings (SSSR count). The van der Waals surface area contributed by atoms with E-state index >= 15 is 0 Å². The van der Waals surface area contributed by atoms with E-state index in [9.17, 15) is 0 Å². The third kappa shape index (κ3) is 14.8. The van der Waals surface area contributed by atoms with Crippen LogP contribution in [0.25, 0.3) is 0 Å². The summed E-state index contributed by atoms with van der Waals surface area (Å²) in [4.78, 5) is 11.9. The molecule has 25 heavy (non-hydrogen) atoms. The Balaban J connectivity index is 0. The Morgan fingerprint density at radius 3 is 1.28 bits per heavy atom. The van der Waals surface area contributed by atoms with E-state index in [4.69, 9.17) is 19.4 Å². The summed E-state index contributed by atoms with van der Waals surface area (Å²) in [5.74, 6) is 0. The van der Waals surface area contributed by atoms with Crippen LogP contribution in [0.15, 0.2) is 55.1 Å². The van der Waals surface area contributed by atoms with Gasteiger partial charge >= 0.3 is 50.2 Å². The first-order valence-electron chi connectivity index (χ1n) is 7.07. The van der Waals surface area contributed by atoms with Crippen LogP contribution in [0.2, 0.25) is 0 Å². The molecule has 0 spiro atoms. The van der Waals surface area contributed by atoms with E-state index in [-0.39, 0.29) is 7.43 Å². The van der Waals surface area contributed by atoms with Crippen molar-refractivity contribution in [3.63, 3.8) is 0 Å². The van der Waals surface area contributed by atoms with E-state index in [0.717, 1.165) is 0 Å². The van der Waals surface area contributed by atoms with Gasteiger partial charge in [-0.2, -0.15) is 0 Å². The molecule has 2 aromatic rings. The van der Waals surface area contributed by atoms with Crippen molar-refractivity contribution in [2.24, 2.45) is 0 Å². The maximum Gasteiger partial charge on any atom is 0.0391 e. The molecule has 0 saturated heterocycles. The smallest absolute Gasteiger partial charge is 0.0391 e. The molecule has 2 heterocycles. The van der Waals surface area contributed by atoms with E-state index < -0.39 is 13.5 Å². The second-order valence-electron chi connectivity index (χ2n) is 4.77. The zero-order valence-electron chi connectivity index (χ0n) is 15.6. The molecule has 0 fully saturated rings. The van der Waals surface area contributed by atoms with E-state index in [1.165, 1.54) is 11.4 Å². The molecular weight excluding hydrogens is 444 g/mol. The van der Waals surface area contributed by atoms with Crippen molar-refractivity contribution in [3.8, 4) is 0 Å². The van der Waals surface area contributed by atoms with E-state index in [2.05, 4.69) is 14.2 Å². The molecule has 0 aliphatic carbocycles. The molecule has 0 unspecified atom stereocenters. The molecule has 0 saturated carbocycles. The molecule has 7 heteroatoms. The molecule has 0 N–H and O–H groups in total. The van der Waals surface area contributed by atoms with E-state index in [1.54, 1.807) is 30.9 Å². The molecule has 0 atom stereocenters. The van der Waals surface area contributed by atoms with Crippen molar-refractivity contribution in [2.45, 2.75) is 6.92 Å². The average Bonchev–Trinajstić information content (AvgIpc) is 2.57. The van der Waals surface area contributed by atoms with Gasteiger partial charge in [-0.15, -0.1) is 0 Å². The molecule has 4 nitrogen and oxygen atoms in total. The third-order valence-corrected chi connectivity index (χ3v) is 4.33. The summed E-state index contributed by atoms with van der Waals surface area (Å²) in [6.45, 7) is 1.85. The fourth-order valence-electron chi connectivity index (χ4n) is 1.36. The van der Waals surface area contributed by atoms with Gasteiger partial charge in [-0.05, 0) is 24.3 Å². The molecule has 0 aliphatic heterocycles. The van der Waals surface area contributed by atoms with Crippen molar-refractivity contribution in [1.82, 2.24) is 9.97 Å². The van der Waals surface area contributed by atoms with Crippen LogP contribution in [0.4, 0.5) is 11.4 Å². The molecule has 0 aromatic carbocycles. The number of aromatic nitrogens is 2. The van der Waals surface area contributed by atoms with Crippen LogP contribution in [0, 0.1) is 7.43 Å². The molecule has 2 aromatic heterocycles. The maximum atomic E-state index is 5.34. The summed E-state index contributed by atoms with van der Waals surface area (Å²) in [5.41, 5.74) is 2.37. The monoisotopic (exact) mass is 471 g/mol. The Kier molecular flexibility index (Phi) is 16.9. The van der Waals surface area contributed by atoms with Gasteiger partial charge in [-0.25, -0.2) is 0 Å².